The van der Waals surface area contributed by atoms with Crippen LogP contribution in [0, 0.1) is 11.2 Å². The standard InChI is InChI=1S/C33H36ClF3N4O3/c1-5-15-40(16-6-2)22-33(4,31(43)44-18-7-3)21-26(38-30(42)29-14-17-41(39-29)32(36)37)19-23-8-10-24(11-9-23)27-20-25(34)12-13-28(27)35/h5-14,17,20,26,32H,1-3,15-16,18-19,21-22H2,4H3,(H,38,42)/t26-,33?/m1/s1. The van der Waals surface area contributed by atoms with Gasteiger partial charge in [-0.15, -0.1) is 13.2 Å². The van der Waals surface area contributed by atoms with E-state index >= 15 is 0 Å². The molecule has 44 heavy (non-hydrogen) atoms. The molecule has 0 radical (unpaired) electrons. The number of benzene rings is 2. The lowest BCUT2D eigenvalue weighted by atomic mass is 9.81. The van der Waals surface area contributed by atoms with Crippen LogP contribution in [0.25, 0.3) is 11.1 Å². The summed E-state index contributed by atoms with van der Waals surface area (Å²) in [4.78, 5) is 28.6. The number of amides is 1. The number of carbonyl (C=O) groups excluding carboxylic acids is 2. The first kappa shape index (κ1) is 34.3. The van der Waals surface area contributed by atoms with Gasteiger partial charge in [0.25, 0.3) is 5.91 Å². The molecule has 1 N–H and O–H groups in total. The molecule has 0 saturated carbocycles. The molecule has 3 aromatic rings. The summed E-state index contributed by atoms with van der Waals surface area (Å²) < 4.78 is 46.6. The van der Waals surface area contributed by atoms with Gasteiger partial charge in [0.05, 0.1) is 5.41 Å². The van der Waals surface area contributed by atoms with E-state index in [4.69, 9.17) is 16.3 Å². The fraction of sp³-hybridized carbons (Fsp3) is 0.303. The van der Waals surface area contributed by atoms with Gasteiger partial charge in [-0.2, -0.15) is 13.9 Å². The Bertz CT molecular complexity index is 1450. The second kappa shape index (κ2) is 16.1. The maximum atomic E-state index is 14.5. The van der Waals surface area contributed by atoms with Gasteiger partial charge in [-0.3, -0.25) is 14.5 Å². The first-order valence-electron chi connectivity index (χ1n) is 13.9. The predicted molar refractivity (Wildman–Crippen MR) is 166 cm³/mol. The van der Waals surface area contributed by atoms with Gasteiger partial charge < -0.3 is 10.1 Å². The summed E-state index contributed by atoms with van der Waals surface area (Å²) in [6.45, 7) is 11.2. The summed E-state index contributed by atoms with van der Waals surface area (Å²) in [5, 5.41) is 6.95. The number of ether oxygens (including phenoxy) is 1. The Morgan fingerprint density at radius 1 is 1.09 bits per heavy atom. The van der Waals surface area contributed by atoms with Gasteiger partial charge in [-0.25, -0.2) is 9.07 Å². The van der Waals surface area contributed by atoms with E-state index in [-0.39, 0.29) is 31.7 Å². The molecular formula is C33H36ClF3N4O3. The van der Waals surface area contributed by atoms with Crippen LogP contribution in [0.5, 0.6) is 0 Å². The van der Waals surface area contributed by atoms with Gasteiger partial charge in [0, 0.05) is 42.5 Å². The highest BCUT2D eigenvalue weighted by atomic mass is 35.5. The molecule has 3 rings (SSSR count). The van der Waals surface area contributed by atoms with E-state index < -0.39 is 35.7 Å². The van der Waals surface area contributed by atoms with Gasteiger partial charge in [0.1, 0.15) is 18.1 Å². The van der Waals surface area contributed by atoms with Crippen LogP contribution in [0.2, 0.25) is 5.02 Å². The minimum absolute atomic E-state index is 0.000946. The summed E-state index contributed by atoms with van der Waals surface area (Å²) in [7, 11) is 0. The Kier molecular flexibility index (Phi) is 12.5. The highest BCUT2D eigenvalue weighted by Gasteiger charge is 2.39. The number of halogens is 4. The smallest absolute Gasteiger partial charge is 0.333 e. The molecule has 234 valence electrons. The van der Waals surface area contributed by atoms with E-state index in [1.54, 1.807) is 43.3 Å². The molecule has 2 aromatic carbocycles. The molecule has 0 spiro atoms. The monoisotopic (exact) mass is 628 g/mol. The number of hydrogen-bond donors (Lipinski definition) is 1. The fourth-order valence-electron chi connectivity index (χ4n) is 4.95. The lowest BCUT2D eigenvalue weighted by Gasteiger charge is -2.35. The van der Waals surface area contributed by atoms with Crippen molar-refractivity contribution in [3.8, 4) is 11.1 Å². The lowest BCUT2D eigenvalue weighted by molar-refractivity contribution is -0.155. The molecule has 0 saturated heterocycles. The van der Waals surface area contributed by atoms with Crippen molar-refractivity contribution in [1.29, 1.82) is 0 Å². The lowest BCUT2D eigenvalue weighted by Crippen LogP contribution is -2.48. The van der Waals surface area contributed by atoms with Gasteiger partial charge in [-0.1, -0.05) is 60.7 Å². The van der Waals surface area contributed by atoms with Crippen molar-refractivity contribution in [3.05, 3.63) is 115 Å². The summed E-state index contributed by atoms with van der Waals surface area (Å²) >= 11 is 6.07. The highest BCUT2D eigenvalue weighted by molar-refractivity contribution is 6.30. The van der Waals surface area contributed by atoms with Gasteiger partial charge >= 0.3 is 12.5 Å². The predicted octanol–water partition coefficient (Wildman–Crippen LogP) is 6.88. The Morgan fingerprint density at radius 3 is 2.36 bits per heavy atom. The summed E-state index contributed by atoms with van der Waals surface area (Å²) in [5.74, 6) is -1.60. The second-order valence-corrected chi connectivity index (χ2v) is 11.0. The number of nitrogens with one attached hydrogen (secondary N) is 1. The van der Waals surface area contributed by atoms with Gasteiger partial charge in [0.15, 0.2) is 0 Å². The molecule has 0 aliphatic heterocycles. The number of hydrogen-bond acceptors (Lipinski definition) is 5. The number of esters is 1. The third-order valence-corrected chi connectivity index (χ3v) is 7.16. The van der Waals surface area contributed by atoms with Crippen molar-refractivity contribution >= 4 is 23.5 Å². The molecule has 0 aliphatic carbocycles. The van der Waals surface area contributed by atoms with Gasteiger partial charge in [-0.05, 0) is 55.2 Å². The van der Waals surface area contributed by atoms with Crippen molar-refractivity contribution in [1.82, 2.24) is 20.0 Å². The van der Waals surface area contributed by atoms with Crippen molar-refractivity contribution < 1.29 is 27.5 Å². The Hall–Kier alpha value is -4.15. The molecule has 11 heteroatoms. The van der Waals surface area contributed by atoms with E-state index in [2.05, 4.69) is 30.2 Å². The maximum absolute atomic E-state index is 14.5. The first-order chi connectivity index (χ1) is 21.0. The largest absolute Gasteiger partial charge is 0.461 e. The van der Waals surface area contributed by atoms with E-state index in [0.717, 1.165) is 11.8 Å². The molecule has 2 atom stereocenters. The molecule has 1 aromatic heterocycles. The normalized spacial score (nSPS) is 13.2. The van der Waals surface area contributed by atoms with Crippen LogP contribution in [0.4, 0.5) is 13.2 Å². The van der Waals surface area contributed by atoms with Crippen LogP contribution in [0.1, 0.15) is 35.9 Å². The SMILES string of the molecule is C=CCOC(=O)C(C)(C[C@@H](Cc1ccc(-c2cc(Cl)ccc2F)cc1)NC(=O)c1ccn(C(F)F)n1)CN(CC=C)CC=C. The van der Waals surface area contributed by atoms with Crippen LogP contribution in [0.15, 0.2) is 92.7 Å². The summed E-state index contributed by atoms with van der Waals surface area (Å²) in [6, 6.07) is 11.9. The minimum Gasteiger partial charge on any atom is -0.461 e. The van der Waals surface area contributed by atoms with Crippen molar-refractivity contribution in [3.63, 3.8) is 0 Å². The van der Waals surface area contributed by atoms with E-state index in [1.165, 1.54) is 30.3 Å². The topological polar surface area (TPSA) is 76.5 Å². The zero-order chi connectivity index (χ0) is 32.3. The number of rotatable bonds is 17. The third kappa shape index (κ3) is 9.42. The number of nitrogens with zero attached hydrogens (tertiary/aromatic N) is 3. The van der Waals surface area contributed by atoms with Crippen LogP contribution >= 0.6 is 11.6 Å². The Morgan fingerprint density at radius 2 is 1.77 bits per heavy atom. The molecule has 0 fully saturated rings. The minimum atomic E-state index is -2.90. The average Bonchev–Trinajstić information content (AvgIpc) is 3.49. The van der Waals surface area contributed by atoms with E-state index in [0.29, 0.717) is 33.9 Å². The number of carbonyl (C=O) groups is 2. The van der Waals surface area contributed by atoms with Crippen LogP contribution in [0.3, 0.4) is 0 Å². The first-order valence-corrected chi connectivity index (χ1v) is 14.3. The molecule has 7 nitrogen and oxygen atoms in total. The Balaban J connectivity index is 1.95. The summed E-state index contributed by atoms with van der Waals surface area (Å²) in [5.41, 5.74) is 0.396. The molecule has 1 amide bonds. The van der Waals surface area contributed by atoms with Crippen LogP contribution in [-0.4, -0.2) is 58.8 Å². The van der Waals surface area contributed by atoms with Crippen LogP contribution in [-0.2, 0) is 16.0 Å². The zero-order valence-electron chi connectivity index (χ0n) is 24.5. The van der Waals surface area contributed by atoms with Crippen molar-refractivity contribution in [2.24, 2.45) is 5.41 Å². The molecule has 0 aliphatic rings. The molecular weight excluding hydrogens is 593 g/mol. The molecule has 1 heterocycles. The van der Waals surface area contributed by atoms with Crippen molar-refractivity contribution in [2.75, 3.05) is 26.2 Å². The molecule has 1 unspecified atom stereocenters. The Labute approximate surface area is 260 Å². The maximum Gasteiger partial charge on any atom is 0.333 e. The van der Waals surface area contributed by atoms with Gasteiger partial charge in [0.2, 0.25) is 0 Å². The fourth-order valence-corrected chi connectivity index (χ4v) is 5.12. The number of aromatic nitrogens is 2. The molecule has 0 bridgehead atoms. The van der Waals surface area contributed by atoms with E-state index in [9.17, 15) is 22.8 Å². The van der Waals surface area contributed by atoms with E-state index in [1.807, 2.05) is 4.90 Å². The quantitative estimate of drug-likeness (QED) is 0.130. The number of alkyl halides is 2. The highest BCUT2D eigenvalue weighted by Crippen LogP contribution is 2.30. The second-order valence-electron chi connectivity index (χ2n) is 10.6. The zero-order valence-corrected chi connectivity index (χ0v) is 25.3. The average molecular weight is 629 g/mol. The summed E-state index contributed by atoms with van der Waals surface area (Å²) in [6.07, 6.45) is 6.28. The van der Waals surface area contributed by atoms with Crippen molar-refractivity contribution in [2.45, 2.75) is 32.4 Å². The van der Waals surface area contributed by atoms with Crippen LogP contribution < -0.4 is 5.32 Å². The third-order valence-electron chi connectivity index (χ3n) is 6.92.